The summed E-state index contributed by atoms with van der Waals surface area (Å²) in [6.07, 6.45) is 5.77. The molecule has 3 aliphatic rings. The summed E-state index contributed by atoms with van der Waals surface area (Å²) in [6, 6.07) is 14.1. The molecular formula is C28H29N7O3S. The normalized spacial score (nSPS) is 23.4. The molecule has 11 heteroatoms. The molecule has 0 bridgehead atoms. The van der Waals surface area contributed by atoms with Crippen LogP contribution < -0.4 is 19.8 Å². The molecule has 1 fully saturated rings. The number of carbonyl (C=O) groups is 1. The van der Waals surface area contributed by atoms with E-state index < -0.39 is 16.1 Å². The predicted molar refractivity (Wildman–Crippen MR) is 150 cm³/mol. The third-order valence-corrected chi connectivity index (χ3v) is 9.04. The van der Waals surface area contributed by atoms with Crippen molar-refractivity contribution >= 4 is 50.4 Å². The second kappa shape index (κ2) is 9.54. The van der Waals surface area contributed by atoms with Crippen molar-refractivity contribution in [2.45, 2.75) is 57.4 Å². The van der Waals surface area contributed by atoms with Crippen LogP contribution in [0.25, 0.3) is 0 Å². The van der Waals surface area contributed by atoms with E-state index in [2.05, 4.69) is 32.9 Å². The molecule has 1 amide bonds. The number of fused-ring (bicyclic) bond motifs is 2. The van der Waals surface area contributed by atoms with Gasteiger partial charge in [-0.3, -0.25) is 14.4 Å². The lowest BCUT2D eigenvalue weighted by molar-refractivity contribution is -0.119. The van der Waals surface area contributed by atoms with E-state index in [9.17, 15) is 18.5 Å². The highest BCUT2D eigenvalue weighted by Gasteiger charge is 2.42. The summed E-state index contributed by atoms with van der Waals surface area (Å²) in [4.78, 5) is 27.0. The average molecular weight is 544 g/mol. The summed E-state index contributed by atoms with van der Waals surface area (Å²) in [5.74, 6) is 1.50. The van der Waals surface area contributed by atoms with Gasteiger partial charge in [-0.25, -0.2) is 13.4 Å². The van der Waals surface area contributed by atoms with Crippen molar-refractivity contribution in [1.82, 2.24) is 9.97 Å². The van der Waals surface area contributed by atoms with Crippen molar-refractivity contribution in [3.63, 3.8) is 0 Å². The van der Waals surface area contributed by atoms with Crippen LogP contribution in [0.3, 0.4) is 0 Å². The van der Waals surface area contributed by atoms with Gasteiger partial charge in [-0.05, 0) is 80.5 Å². The first-order valence-corrected chi connectivity index (χ1v) is 14.8. The molecule has 2 aliphatic heterocycles. The first-order valence-electron chi connectivity index (χ1n) is 13.1. The van der Waals surface area contributed by atoms with Crippen molar-refractivity contribution in [3.05, 3.63) is 59.8 Å². The largest absolute Gasteiger partial charge is 0.340 e. The number of amides is 1. The minimum Gasteiger partial charge on any atom is -0.340 e. The molecule has 200 valence electrons. The molecule has 39 heavy (non-hydrogen) atoms. The van der Waals surface area contributed by atoms with Gasteiger partial charge in [0.15, 0.2) is 5.82 Å². The molecule has 0 saturated heterocycles. The van der Waals surface area contributed by atoms with E-state index in [0.717, 1.165) is 25.7 Å². The zero-order valence-electron chi connectivity index (χ0n) is 21.8. The molecule has 1 saturated carbocycles. The van der Waals surface area contributed by atoms with Gasteiger partial charge in [-0.1, -0.05) is 13.0 Å². The smallest absolute Gasteiger partial charge is 0.254 e. The number of nitriles is 1. The van der Waals surface area contributed by atoms with E-state index in [1.54, 1.807) is 47.5 Å². The highest BCUT2D eigenvalue weighted by Crippen LogP contribution is 2.43. The maximum atomic E-state index is 13.8. The molecule has 2 N–H and O–H groups in total. The van der Waals surface area contributed by atoms with Gasteiger partial charge in [0.2, 0.25) is 16.0 Å². The second-order valence-electron chi connectivity index (χ2n) is 10.6. The number of hydrogen-bond acceptors (Lipinski definition) is 8. The summed E-state index contributed by atoms with van der Waals surface area (Å²) >= 11 is 0. The van der Waals surface area contributed by atoms with Crippen LogP contribution in [0.15, 0.2) is 48.7 Å². The number of nitrogens with one attached hydrogen (secondary N) is 2. The van der Waals surface area contributed by atoms with Crippen LogP contribution in [0.4, 0.5) is 34.5 Å². The van der Waals surface area contributed by atoms with E-state index in [1.807, 2.05) is 13.0 Å². The maximum Gasteiger partial charge on any atom is 0.254 e. The number of carbonyl (C=O) groups excluding carboxylic acids is 1. The van der Waals surface area contributed by atoms with Gasteiger partial charge in [-0.15, -0.1) is 0 Å². The number of rotatable bonds is 4. The van der Waals surface area contributed by atoms with E-state index in [0.29, 0.717) is 51.6 Å². The summed E-state index contributed by atoms with van der Waals surface area (Å²) in [7, 11) is -3.35. The zero-order chi connectivity index (χ0) is 27.3. The lowest BCUT2D eigenvalue weighted by atomic mass is 9.85. The van der Waals surface area contributed by atoms with Crippen LogP contribution in [0.2, 0.25) is 0 Å². The summed E-state index contributed by atoms with van der Waals surface area (Å²) in [6.45, 7) is 4.17. The van der Waals surface area contributed by atoms with Crippen LogP contribution >= 0.6 is 0 Å². The fourth-order valence-electron chi connectivity index (χ4n) is 5.80. The molecule has 0 spiro atoms. The topological polar surface area (TPSA) is 131 Å². The summed E-state index contributed by atoms with van der Waals surface area (Å²) < 4.78 is 26.5. The van der Waals surface area contributed by atoms with Gasteiger partial charge in [0.25, 0.3) is 5.91 Å². The Morgan fingerprint density at radius 3 is 2.67 bits per heavy atom. The number of hydrogen-bond donors (Lipinski definition) is 2. The fourth-order valence-corrected chi connectivity index (χ4v) is 7.06. The van der Waals surface area contributed by atoms with Crippen LogP contribution in [-0.2, 0) is 20.6 Å². The number of aromatic nitrogens is 2. The van der Waals surface area contributed by atoms with Gasteiger partial charge in [0, 0.05) is 11.7 Å². The average Bonchev–Trinajstić information content (AvgIpc) is 3.23. The Balaban J connectivity index is 1.41. The molecule has 0 unspecified atom stereocenters. The van der Waals surface area contributed by atoms with Crippen molar-refractivity contribution in [2.75, 3.05) is 19.8 Å². The number of sulfonamides is 1. The van der Waals surface area contributed by atoms with Gasteiger partial charge in [-0.2, -0.15) is 10.2 Å². The number of nitrogens with zero attached hydrogens (tertiary/aromatic N) is 5. The van der Waals surface area contributed by atoms with Gasteiger partial charge >= 0.3 is 0 Å². The predicted octanol–water partition coefficient (Wildman–Crippen LogP) is 4.80. The minimum absolute atomic E-state index is 0.0763. The fraction of sp³-hybridized carbons (Fsp3) is 0.357. The molecule has 1 aromatic heterocycles. The van der Waals surface area contributed by atoms with Crippen molar-refractivity contribution < 1.29 is 13.2 Å². The standard InChI is InChI=1S/C28H29N7O3S/c1-17-6-9-22(10-7-17)34-18(2)27(36)35(23-5-3-4-19(12-23)14-29)25-15-30-28(32-26(25)34)31-21-8-11-24-20(13-21)16-39(37,38)33-24/h3-5,8,11-13,15,17-18,22,33H,6-7,9-10,16H2,1-2H3,(H,30,31,32)/t17-,18-,22-/m1/s1. The number of anilines is 6. The molecule has 10 nitrogen and oxygen atoms in total. The maximum absolute atomic E-state index is 13.8. The van der Waals surface area contributed by atoms with E-state index >= 15 is 0 Å². The van der Waals surface area contributed by atoms with Crippen LogP contribution in [0, 0.1) is 17.2 Å². The Labute approximate surface area is 227 Å². The monoisotopic (exact) mass is 543 g/mol. The van der Waals surface area contributed by atoms with Crippen LogP contribution in [0.1, 0.15) is 50.7 Å². The molecule has 6 rings (SSSR count). The van der Waals surface area contributed by atoms with Gasteiger partial charge in [0.05, 0.1) is 35.0 Å². The Hall–Kier alpha value is -4.17. The van der Waals surface area contributed by atoms with Crippen LogP contribution in [-0.4, -0.2) is 36.4 Å². The molecule has 1 atom stereocenters. The van der Waals surface area contributed by atoms with E-state index in [4.69, 9.17) is 4.98 Å². The quantitative estimate of drug-likeness (QED) is 0.480. The molecule has 0 radical (unpaired) electrons. The van der Waals surface area contributed by atoms with Gasteiger partial charge < -0.3 is 10.2 Å². The lowest BCUT2D eigenvalue weighted by Crippen LogP contribution is -2.55. The Morgan fingerprint density at radius 1 is 1.10 bits per heavy atom. The first kappa shape index (κ1) is 25.1. The van der Waals surface area contributed by atoms with Crippen molar-refractivity contribution in [2.24, 2.45) is 5.92 Å². The van der Waals surface area contributed by atoms with Crippen LogP contribution in [0.5, 0.6) is 0 Å². The Morgan fingerprint density at radius 2 is 1.90 bits per heavy atom. The molecule has 1 aliphatic carbocycles. The number of benzene rings is 2. The van der Waals surface area contributed by atoms with E-state index in [-0.39, 0.29) is 17.7 Å². The first-order chi connectivity index (χ1) is 18.7. The molecule has 3 aromatic rings. The molecule has 3 heterocycles. The Bertz CT molecular complexity index is 1610. The van der Waals surface area contributed by atoms with Crippen molar-refractivity contribution in [3.8, 4) is 6.07 Å². The van der Waals surface area contributed by atoms with Gasteiger partial charge in [0.1, 0.15) is 11.7 Å². The highest BCUT2D eigenvalue weighted by atomic mass is 32.2. The zero-order valence-corrected chi connectivity index (χ0v) is 22.6. The minimum atomic E-state index is -3.35. The second-order valence-corrected chi connectivity index (χ2v) is 12.3. The third kappa shape index (κ3) is 4.65. The lowest BCUT2D eigenvalue weighted by Gasteiger charge is -2.46. The third-order valence-electron chi connectivity index (χ3n) is 7.82. The Kier molecular flexibility index (Phi) is 6.14. The summed E-state index contributed by atoms with van der Waals surface area (Å²) in [5.41, 5.74) is 3.56. The highest BCUT2D eigenvalue weighted by molar-refractivity contribution is 7.92. The van der Waals surface area contributed by atoms with Crippen molar-refractivity contribution in [1.29, 1.82) is 5.26 Å². The van der Waals surface area contributed by atoms with E-state index in [1.165, 1.54) is 0 Å². The molecular weight excluding hydrogens is 514 g/mol. The summed E-state index contributed by atoms with van der Waals surface area (Å²) in [5, 5.41) is 12.7. The molecule has 2 aromatic carbocycles. The SMILES string of the molecule is C[C@@H]1C(=O)N(c2cccc(C#N)c2)c2cnc(Nc3ccc4c(c3)CS(=O)(=O)N4)nc2N1[C@H]1CC[C@H](C)CC1.